The second kappa shape index (κ2) is 8.58. The van der Waals surface area contributed by atoms with Gasteiger partial charge < -0.3 is 14.8 Å². The highest BCUT2D eigenvalue weighted by Gasteiger charge is 2.06. The minimum atomic E-state index is -0.329. The van der Waals surface area contributed by atoms with Crippen LogP contribution in [0.4, 0.5) is 0 Å². The van der Waals surface area contributed by atoms with Crippen LogP contribution in [0, 0.1) is 0 Å². The molecule has 0 aromatic heterocycles. The number of ether oxygens (including phenoxy) is 2. The van der Waals surface area contributed by atoms with Crippen LogP contribution in [0.25, 0.3) is 0 Å². The highest BCUT2D eigenvalue weighted by Crippen LogP contribution is 2.25. The Morgan fingerprint density at radius 2 is 2.00 bits per heavy atom. The molecule has 0 unspecified atom stereocenters. The number of nitrogens with one attached hydrogen (secondary N) is 1. The predicted molar refractivity (Wildman–Crippen MR) is 78.7 cm³/mol. The quantitative estimate of drug-likeness (QED) is 0.769. The summed E-state index contributed by atoms with van der Waals surface area (Å²) in [6.45, 7) is 0.303. The molecule has 6 heteroatoms. The molecule has 110 valence electrons. The number of methoxy groups -OCH3 is 2. The Morgan fingerprint density at radius 3 is 2.60 bits per heavy atom. The molecule has 0 saturated carbocycles. The third kappa shape index (κ3) is 5.61. The number of esters is 1. The topological polar surface area (TPSA) is 64.6 Å². The number of carbonyl (C=O) groups excluding carboxylic acids is 2. The van der Waals surface area contributed by atoms with Gasteiger partial charge in [0.25, 0.3) is 0 Å². The summed E-state index contributed by atoms with van der Waals surface area (Å²) in [5.74, 6) is 0.349. The van der Waals surface area contributed by atoms with Crippen molar-refractivity contribution in [3.05, 3.63) is 28.2 Å². The van der Waals surface area contributed by atoms with Crippen LogP contribution >= 0.6 is 15.9 Å². The predicted octanol–water partition coefficient (Wildman–Crippen LogP) is 2.07. The van der Waals surface area contributed by atoms with Gasteiger partial charge in [0.15, 0.2) is 0 Å². The smallest absolute Gasteiger partial charge is 0.307 e. The molecule has 0 heterocycles. The zero-order chi connectivity index (χ0) is 15.0. The lowest BCUT2D eigenvalue weighted by molar-refractivity contribution is -0.140. The van der Waals surface area contributed by atoms with Gasteiger partial charge in [-0.25, -0.2) is 0 Å². The highest BCUT2D eigenvalue weighted by atomic mass is 79.9. The third-order valence-corrected chi connectivity index (χ3v) is 3.36. The zero-order valence-corrected chi connectivity index (χ0v) is 13.2. The van der Waals surface area contributed by atoms with E-state index in [0.717, 1.165) is 15.8 Å². The molecular weight excluding hydrogens is 326 g/mol. The van der Waals surface area contributed by atoms with Gasteiger partial charge in [-0.1, -0.05) is 6.07 Å². The van der Waals surface area contributed by atoms with Gasteiger partial charge in [-0.3, -0.25) is 9.59 Å². The van der Waals surface area contributed by atoms with Crippen LogP contribution < -0.4 is 10.1 Å². The Morgan fingerprint density at radius 1 is 1.25 bits per heavy atom. The fraction of sp³-hybridized carbons (Fsp3) is 0.429. The first-order valence-corrected chi connectivity index (χ1v) is 7.02. The van der Waals surface area contributed by atoms with Crippen LogP contribution in [0.3, 0.4) is 0 Å². The van der Waals surface area contributed by atoms with Crippen LogP contribution in [0.5, 0.6) is 5.75 Å². The fourth-order valence-corrected chi connectivity index (χ4v) is 2.21. The van der Waals surface area contributed by atoms with E-state index in [1.54, 1.807) is 7.11 Å². The van der Waals surface area contributed by atoms with E-state index >= 15 is 0 Å². The maximum Gasteiger partial charge on any atom is 0.307 e. The number of benzene rings is 1. The molecule has 0 aliphatic carbocycles. The summed E-state index contributed by atoms with van der Waals surface area (Å²) in [5.41, 5.74) is 1.04. The number of amides is 1. The minimum absolute atomic E-state index is 0.0826. The molecule has 0 fully saturated rings. The first-order valence-electron chi connectivity index (χ1n) is 6.22. The zero-order valence-electron chi connectivity index (χ0n) is 11.6. The molecule has 0 saturated heterocycles. The Hall–Kier alpha value is -1.56. The average Bonchev–Trinajstić information content (AvgIpc) is 2.45. The Balaban J connectivity index is 2.34. The third-order valence-electron chi connectivity index (χ3n) is 2.74. The maximum absolute atomic E-state index is 11.6. The van der Waals surface area contributed by atoms with Crippen molar-refractivity contribution in [1.82, 2.24) is 5.32 Å². The van der Waals surface area contributed by atoms with Gasteiger partial charge in [0.05, 0.1) is 25.1 Å². The van der Waals surface area contributed by atoms with Gasteiger partial charge >= 0.3 is 5.97 Å². The lowest BCUT2D eigenvalue weighted by Crippen LogP contribution is -2.26. The Bertz CT molecular complexity index is 476. The molecule has 1 N–H and O–H groups in total. The molecule has 1 amide bonds. The number of rotatable bonds is 7. The van der Waals surface area contributed by atoms with E-state index in [4.69, 9.17) is 4.74 Å². The molecule has 0 atom stereocenters. The number of hydrogen-bond acceptors (Lipinski definition) is 4. The lowest BCUT2D eigenvalue weighted by atomic mass is 10.1. The van der Waals surface area contributed by atoms with Crippen molar-refractivity contribution in [1.29, 1.82) is 0 Å². The van der Waals surface area contributed by atoms with Gasteiger partial charge in [0, 0.05) is 13.0 Å². The Labute approximate surface area is 126 Å². The molecule has 0 spiro atoms. The number of aryl methyl sites for hydroxylation is 1. The van der Waals surface area contributed by atoms with Crippen molar-refractivity contribution in [2.45, 2.75) is 19.3 Å². The Kier molecular flexibility index (Phi) is 7.08. The van der Waals surface area contributed by atoms with E-state index < -0.39 is 0 Å². The molecule has 0 aliphatic rings. The lowest BCUT2D eigenvalue weighted by Gasteiger charge is -2.07. The standard InChI is InChI=1S/C14H18BrNO4/c1-19-12-5-3-10(9-11(12)15)4-6-13(17)16-8-7-14(18)20-2/h3,5,9H,4,6-8H2,1-2H3,(H,16,17). The second-order valence-electron chi connectivity index (χ2n) is 4.14. The van der Waals surface area contributed by atoms with Crippen LogP contribution in [0.1, 0.15) is 18.4 Å². The normalized spacial score (nSPS) is 9.95. The van der Waals surface area contributed by atoms with Crippen molar-refractivity contribution >= 4 is 27.8 Å². The first kappa shape index (κ1) is 16.5. The summed E-state index contributed by atoms with van der Waals surface area (Å²) >= 11 is 3.40. The van der Waals surface area contributed by atoms with E-state index in [9.17, 15) is 9.59 Å². The molecular formula is C14H18BrNO4. The van der Waals surface area contributed by atoms with E-state index in [1.165, 1.54) is 7.11 Å². The summed E-state index contributed by atoms with van der Waals surface area (Å²) in [4.78, 5) is 22.5. The molecule has 5 nitrogen and oxygen atoms in total. The van der Waals surface area contributed by atoms with E-state index in [0.29, 0.717) is 19.4 Å². The summed E-state index contributed by atoms with van der Waals surface area (Å²) < 4.78 is 10.5. The fourth-order valence-electron chi connectivity index (χ4n) is 1.62. The number of carbonyl (C=O) groups is 2. The highest BCUT2D eigenvalue weighted by molar-refractivity contribution is 9.10. The van der Waals surface area contributed by atoms with Gasteiger partial charge in [-0.05, 0) is 40.0 Å². The number of halogens is 1. The molecule has 1 rings (SSSR count). The van der Waals surface area contributed by atoms with Gasteiger partial charge in [-0.15, -0.1) is 0 Å². The molecule has 1 aromatic rings. The largest absolute Gasteiger partial charge is 0.496 e. The maximum atomic E-state index is 11.6. The van der Waals surface area contributed by atoms with Crippen molar-refractivity contribution in [3.8, 4) is 5.75 Å². The van der Waals surface area contributed by atoms with E-state index in [2.05, 4.69) is 26.0 Å². The van der Waals surface area contributed by atoms with E-state index in [1.807, 2.05) is 18.2 Å². The number of hydrogen-bond donors (Lipinski definition) is 1. The van der Waals surface area contributed by atoms with E-state index in [-0.39, 0.29) is 18.3 Å². The second-order valence-corrected chi connectivity index (χ2v) is 5.00. The molecule has 0 aliphatic heterocycles. The van der Waals surface area contributed by atoms with Gasteiger partial charge in [0.2, 0.25) is 5.91 Å². The average molecular weight is 344 g/mol. The van der Waals surface area contributed by atoms with Crippen LogP contribution in [-0.4, -0.2) is 32.6 Å². The van der Waals surface area contributed by atoms with Gasteiger partial charge in [0.1, 0.15) is 5.75 Å². The molecule has 1 aromatic carbocycles. The monoisotopic (exact) mass is 343 g/mol. The summed E-state index contributed by atoms with van der Waals surface area (Å²) in [5, 5.41) is 2.68. The summed E-state index contributed by atoms with van der Waals surface area (Å²) in [6, 6.07) is 5.71. The molecule has 0 bridgehead atoms. The van der Waals surface area contributed by atoms with Crippen molar-refractivity contribution < 1.29 is 19.1 Å². The van der Waals surface area contributed by atoms with Crippen LogP contribution in [-0.2, 0) is 20.7 Å². The van der Waals surface area contributed by atoms with Crippen molar-refractivity contribution in [2.24, 2.45) is 0 Å². The van der Waals surface area contributed by atoms with Crippen LogP contribution in [0.15, 0.2) is 22.7 Å². The van der Waals surface area contributed by atoms with Crippen molar-refractivity contribution in [3.63, 3.8) is 0 Å². The van der Waals surface area contributed by atoms with Crippen molar-refractivity contribution in [2.75, 3.05) is 20.8 Å². The first-order chi connectivity index (χ1) is 9.56. The summed E-state index contributed by atoms with van der Waals surface area (Å²) in [6.07, 6.45) is 1.20. The molecule has 20 heavy (non-hydrogen) atoms. The van der Waals surface area contributed by atoms with Gasteiger partial charge in [-0.2, -0.15) is 0 Å². The molecule has 0 radical (unpaired) electrons. The minimum Gasteiger partial charge on any atom is -0.496 e. The SMILES string of the molecule is COC(=O)CCNC(=O)CCc1ccc(OC)c(Br)c1. The van der Waals surface area contributed by atoms with Crippen LogP contribution in [0.2, 0.25) is 0 Å². The summed E-state index contributed by atoms with van der Waals surface area (Å²) in [7, 11) is 2.93.